The third-order valence-electron chi connectivity index (χ3n) is 9.01. The summed E-state index contributed by atoms with van der Waals surface area (Å²) in [5, 5.41) is 5.05. The molecule has 6 rings (SSSR count). The van der Waals surface area contributed by atoms with Crippen LogP contribution in [0.1, 0.15) is 69.4 Å². The molecule has 0 aliphatic carbocycles. The molecule has 2 saturated heterocycles. The van der Waals surface area contributed by atoms with Gasteiger partial charge in [-0.25, -0.2) is 0 Å². The zero-order valence-electron chi connectivity index (χ0n) is 24.0. The Morgan fingerprint density at radius 3 is 2.48 bits per heavy atom. The number of nitrogens with zero attached hydrogens (tertiary/aromatic N) is 4. The summed E-state index contributed by atoms with van der Waals surface area (Å²) in [6.45, 7) is 11.1. The molecule has 2 aromatic carbocycles. The lowest BCUT2D eigenvalue weighted by Crippen LogP contribution is -2.42. The maximum atomic E-state index is 6.97. The quantitative estimate of drug-likeness (QED) is 0.322. The number of pyridine rings is 1. The van der Waals surface area contributed by atoms with Gasteiger partial charge in [-0.2, -0.15) is 0 Å². The van der Waals surface area contributed by atoms with Crippen LogP contribution in [0.25, 0.3) is 5.57 Å². The summed E-state index contributed by atoms with van der Waals surface area (Å²) >= 11 is 13.0. The Morgan fingerprint density at radius 2 is 1.77 bits per heavy atom. The van der Waals surface area contributed by atoms with Crippen molar-refractivity contribution in [2.24, 2.45) is 5.92 Å². The number of hydrogen-bond acceptors (Lipinski definition) is 4. The number of anilines is 3. The first-order valence-corrected chi connectivity index (χ1v) is 15.1. The van der Waals surface area contributed by atoms with E-state index in [2.05, 4.69) is 103 Å². The average Bonchev–Trinajstić information content (AvgIpc) is 3.29. The molecule has 4 heterocycles. The second-order valence-corrected chi connectivity index (χ2v) is 12.9. The van der Waals surface area contributed by atoms with Crippen molar-refractivity contribution in [2.75, 3.05) is 34.8 Å². The highest BCUT2D eigenvalue weighted by Gasteiger charge is 2.41. The van der Waals surface area contributed by atoms with E-state index in [9.17, 15) is 0 Å². The van der Waals surface area contributed by atoms with Gasteiger partial charge >= 0.3 is 0 Å². The summed E-state index contributed by atoms with van der Waals surface area (Å²) in [5.41, 5.74) is 7.99. The smallest absolute Gasteiger partial charge is 0.174 e. The van der Waals surface area contributed by atoms with Gasteiger partial charge in [-0.3, -0.25) is 4.98 Å². The van der Waals surface area contributed by atoms with Gasteiger partial charge < -0.3 is 20.0 Å². The van der Waals surface area contributed by atoms with Gasteiger partial charge in [0.2, 0.25) is 0 Å². The summed E-state index contributed by atoms with van der Waals surface area (Å²) in [4.78, 5) is 11.7. The summed E-state index contributed by atoms with van der Waals surface area (Å²) < 4.78 is 0. The number of benzene rings is 2. The normalized spacial score (nSPS) is 22.7. The van der Waals surface area contributed by atoms with Crippen LogP contribution in [0.15, 0.2) is 66.9 Å². The van der Waals surface area contributed by atoms with Gasteiger partial charge in [-0.15, -0.1) is 0 Å². The van der Waals surface area contributed by atoms with Crippen molar-refractivity contribution < 1.29 is 0 Å². The van der Waals surface area contributed by atoms with Gasteiger partial charge in [0.05, 0.1) is 34.0 Å². The molecule has 1 aromatic heterocycles. The highest BCUT2D eigenvalue weighted by atomic mass is 35.5. The number of fused-ring (bicyclic) bond motifs is 1. The molecule has 208 valence electrons. The molecular weight excluding hydrogens is 534 g/mol. The largest absolute Gasteiger partial charge is 0.370 e. The fourth-order valence-corrected chi connectivity index (χ4v) is 7.12. The van der Waals surface area contributed by atoms with Gasteiger partial charge in [0.1, 0.15) is 0 Å². The molecule has 0 bridgehead atoms. The van der Waals surface area contributed by atoms with E-state index in [1.165, 1.54) is 35.2 Å². The first-order valence-electron chi connectivity index (χ1n) is 14.3. The molecule has 0 amide bonds. The van der Waals surface area contributed by atoms with Crippen LogP contribution in [0.5, 0.6) is 0 Å². The van der Waals surface area contributed by atoms with Gasteiger partial charge in [0.15, 0.2) is 5.11 Å². The van der Waals surface area contributed by atoms with Gasteiger partial charge in [0, 0.05) is 43.3 Å². The third kappa shape index (κ3) is 4.75. The van der Waals surface area contributed by atoms with Crippen LogP contribution in [0.3, 0.4) is 0 Å². The predicted octanol–water partition coefficient (Wildman–Crippen LogP) is 7.78. The van der Waals surface area contributed by atoms with E-state index < -0.39 is 0 Å². The molecule has 5 nitrogen and oxygen atoms in total. The van der Waals surface area contributed by atoms with E-state index in [-0.39, 0.29) is 17.6 Å². The maximum Gasteiger partial charge on any atom is 0.174 e. The number of likely N-dealkylation sites (N-methyl/N-ethyl adjacent to an activating group) is 1. The van der Waals surface area contributed by atoms with Crippen molar-refractivity contribution in [3.63, 3.8) is 0 Å². The van der Waals surface area contributed by atoms with Gasteiger partial charge in [0.25, 0.3) is 0 Å². The molecule has 3 aliphatic heterocycles. The summed E-state index contributed by atoms with van der Waals surface area (Å²) in [7, 11) is 2.17. The van der Waals surface area contributed by atoms with Crippen LogP contribution in [-0.2, 0) is 0 Å². The van der Waals surface area contributed by atoms with E-state index in [4.69, 9.17) is 28.8 Å². The highest BCUT2D eigenvalue weighted by molar-refractivity contribution is 7.80. The number of allylic oxidation sites excluding steroid dienone is 1. The van der Waals surface area contributed by atoms with Gasteiger partial charge in [-0.1, -0.05) is 36.7 Å². The van der Waals surface area contributed by atoms with Crippen molar-refractivity contribution in [1.82, 2.24) is 10.3 Å². The zero-order valence-corrected chi connectivity index (χ0v) is 25.6. The van der Waals surface area contributed by atoms with E-state index >= 15 is 0 Å². The Bertz CT molecular complexity index is 1460. The van der Waals surface area contributed by atoms with Crippen LogP contribution >= 0.6 is 23.8 Å². The number of aromatic nitrogens is 1. The third-order valence-corrected chi connectivity index (χ3v) is 9.63. The molecule has 7 heteroatoms. The Hall–Kier alpha value is -3.09. The molecule has 2 unspecified atom stereocenters. The lowest BCUT2D eigenvalue weighted by Gasteiger charge is -2.41. The molecule has 1 N–H and O–H groups in total. The molecule has 0 radical (unpaired) electrons. The minimum absolute atomic E-state index is 0.0392. The highest BCUT2D eigenvalue weighted by Crippen LogP contribution is 2.46. The van der Waals surface area contributed by atoms with E-state index in [1.54, 1.807) is 0 Å². The number of thiocarbonyl (C=S) groups is 1. The fraction of sp³-hybridized carbons (Fsp3) is 0.394. The van der Waals surface area contributed by atoms with E-state index in [1.807, 2.05) is 18.3 Å². The number of hydrogen-bond donors (Lipinski definition) is 1. The first-order chi connectivity index (χ1) is 19.1. The Balaban J connectivity index is 1.42. The van der Waals surface area contributed by atoms with E-state index in [0.29, 0.717) is 5.11 Å². The molecule has 3 aliphatic rings. The van der Waals surface area contributed by atoms with Crippen LogP contribution in [0.2, 0.25) is 5.02 Å². The Labute approximate surface area is 248 Å². The van der Waals surface area contributed by atoms with Crippen molar-refractivity contribution in [3.8, 4) is 0 Å². The summed E-state index contributed by atoms with van der Waals surface area (Å²) in [6.07, 6.45) is 6.60. The Morgan fingerprint density at radius 1 is 1.02 bits per heavy atom. The van der Waals surface area contributed by atoms with Crippen LogP contribution in [0.4, 0.5) is 17.1 Å². The lowest BCUT2D eigenvalue weighted by atomic mass is 9.86. The minimum atomic E-state index is -0.101. The summed E-state index contributed by atoms with van der Waals surface area (Å²) in [6, 6.07) is 19.1. The first kappa shape index (κ1) is 27.1. The molecule has 2 fully saturated rings. The SMILES string of the molecule is CC1=CC(C)(C)N(C)c2ccc(C3C(c4ccccn4)NC(=S)N3c3ccc(N4CCC(C)CC4)c(Cl)c3)cc21. The molecule has 0 saturated carbocycles. The van der Waals surface area contributed by atoms with E-state index in [0.717, 1.165) is 41.1 Å². The van der Waals surface area contributed by atoms with Crippen LogP contribution in [-0.4, -0.2) is 35.8 Å². The van der Waals surface area contributed by atoms with Crippen molar-refractivity contribution in [3.05, 3.63) is 88.7 Å². The molecule has 0 spiro atoms. The molecule has 2 atom stereocenters. The molecule has 3 aromatic rings. The second-order valence-electron chi connectivity index (χ2n) is 12.1. The zero-order chi connectivity index (χ0) is 28.2. The minimum Gasteiger partial charge on any atom is -0.370 e. The maximum absolute atomic E-state index is 6.97. The number of rotatable bonds is 4. The van der Waals surface area contributed by atoms with Crippen molar-refractivity contribution >= 4 is 51.6 Å². The molecule has 40 heavy (non-hydrogen) atoms. The number of piperidine rings is 1. The standard InChI is InChI=1S/C33H38ClN5S/c1-21-13-16-38(17-14-21)29-12-10-24(19-26(29)34)39-31(30(36-32(39)40)27-8-6-7-15-35-27)23-9-11-28-25(18-23)22(2)20-33(3,4)37(28)5/h6-12,15,18-21,30-31H,13-14,16-17H2,1-5H3,(H,36,40). The number of halogens is 1. The predicted molar refractivity (Wildman–Crippen MR) is 173 cm³/mol. The van der Waals surface area contributed by atoms with Crippen molar-refractivity contribution in [1.29, 1.82) is 0 Å². The topological polar surface area (TPSA) is 34.6 Å². The van der Waals surface area contributed by atoms with Crippen LogP contribution < -0.4 is 20.0 Å². The molecular formula is C33H38ClN5S. The average molecular weight is 572 g/mol. The van der Waals surface area contributed by atoms with Crippen molar-refractivity contribution in [2.45, 2.75) is 58.2 Å². The Kier molecular flexibility index (Phi) is 7.04. The van der Waals surface area contributed by atoms with Crippen LogP contribution in [0, 0.1) is 5.92 Å². The fourth-order valence-electron chi connectivity index (χ4n) is 6.48. The summed E-state index contributed by atoms with van der Waals surface area (Å²) in [5.74, 6) is 0.771. The second kappa shape index (κ2) is 10.4. The lowest BCUT2D eigenvalue weighted by molar-refractivity contribution is 0.438. The monoisotopic (exact) mass is 571 g/mol. The van der Waals surface area contributed by atoms with Gasteiger partial charge in [-0.05, 0) is 105 Å². The number of nitrogens with one attached hydrogen (secondary N) is 1.